The van der Waals surface area contributed by atoms with Crippen LogP contribution in [0.1, 0.15) is 37.3 Å². The minimum Gasteiger partial charge on any atom is -0.481 e. The number of anilines is 3. The van der Waals surface area contributed by atoms with Crippen LogP contribution in [-0.4, -0.2) is 26.8 Å². The maximum atomic E-state index is 11.7. The first-order valence-electron chi connectivity index (χ1n) is 9.64. The van der Waals surface area contributed by atoms with Crippen LogP contribution in [0.2, 0.25) is 0 Å². The summed E-state index contributed by atoms with van der Waals surface area (Å²) in [4.78, 5) is 33.4. The van der Waals surface area contributed by atoms with E-state index >= 15 is 0 Å². The van der Waals surface area contributed by atoms with E-state index < -0.39 is 12.4 Å². The second-order valence-corrected chi connectivity index (χ2v) is 8.49. The highest BCUT2D eigenvalue weighted by Crippen LogP contribution is 2.36. The van der Waals surface area contributed by atoms with Gasteiger partial charge in [-0.15, -0.1) is 11.3 Å². The van der Waals surface area contributed by atoms with Gasteiger partial charge in [0.05, 0.1) is 0 Å². The maximum absolute atomic E-state index is 11.7. The summed E-state index contributed by atoms with van der Waals surface area (Å²) in [6.07, 6.45) is 5.53. The Kier molecular flexibility index (Phi) is 7.70. The van der Waals surface area contributed by atoms with E-state index in [0.717, 1.165) is 33.1 Å². The van der Waals surface area contributed by atoms with Crippen molar-refractivity contribution in [1.82, 2.24) is 9.97 Å². The van der Waals surface area contributed by atoms with Crippen molar-refractivity contribution in [2.45, 2.75) is 39.0 Å². The molecule has 2 aromatic heterocycles. The van der Waals surface area contributed by atoms with Crippen molar-refractivity contribution in [2.24, 2.45) is 0 Å². The summed E-state index contributed by atoms with van der Waals surface area (Å²) in [5, 5.41) is 11.5. The smallest absolute Gasteiger partial charge is 0.310 e. The largest absolute Gasteiger partial charge is 0.481 e. The molecule has 0 spiro atoms. The molecule has 2 heterocycles. The molecular weight excluding hydrogens is 466 g/mol. The number of thiazole rings is 1. The number of carboxylic acid groups (broad SMARTS) is 1. The predicted molar refractivity (Wildman–Crippen MR) is 122 cm³/mol. The van der Waals surface area contributed by atoms with Gasteiger partial charge in [-0.3, -0.25) is 14.5 Å². The Bertz CT molecular complexity index is 1010. The maximum Gasteiger partial charge on any atom is 0.310 e. The molecule has 0 aliphatic rings. The topological polar surface area (TPSA) is 83.4 Å². The van der Waals surface area contributed by atoms with E-state index in [1.807, 2.05) is 16.3 Å². The number of carbonyl (C=O) groups is 2. The molecule has 0 atom stereocenters. The van der Waals surface area contributed by atoms with Crippen LogP contribution in [0.15, 0.2) is 52.6 Å². The third kappa shape index (κ3) is 5.73. The molecule has 1 N–H and O–H groups in total. The lowest BCUT2D eigenvalue weighted by atomic mass is 10.1. The Hall–Kier alpha value is -2.58. The van der Waals surface area contributed by atoms with Gasteiger partial charge in [0.15, 0.2) is 5.13 Å². The number of nitrogens with zero attached hydrogens (tertiary/aromatic N) is 3. The molecule has 0 aliphatic carbocycles. The zero-order valence-electron chi connectivity index (χ0n) is 16.5. The van der Waals surface area contributed by atoms with Crippen molar-refractivity contribution < 1.29 is 14.7 Å². The molecule has 0 fully saturated rings. The highest BCUT2D eigenvalue weighted by molar-refractivity contribution is 9.10. The second-order valence-electron chi connectivity index (χ2n) is 6.77. The molecule has 30 heavy (non-hydrogen) atoms. The molecular formula is C22H22BrN3O3S. The Balaban J connectivity index is 1.84. The second kappa shape index (κ2) is 10.4. The number of hydrogen-bond acceptors (Lipinski definition) is 6. The third-order valence-electron chi connectivity index (χ3n) is 4.61. The van der Waals surface area contributed by atoms with E-state index in [4.69, 9.17) is 5.11 Å². The molecule has 8 heteroatoms. The number of carbonyl (C=O) groups excluding carboxylic acids is 1. The van der Waals surface area contributed by atoms with Crippen LogP contribution in [0.5, 0.6) is 0 Å². The Morgan fingerprint density at radius 3 is 2.60 bits per heavy atom. The lowest BCUT2D eigenvalue weighted by Crippen LogP contribution is -2.12. The number of ketones is 1. The molecule has 0 amide bonds. The van der Waals surface area contributed by atoms with Crippen LogP contribution in [0.4, 0.5) is 16.6 Å². The molecule has 156 valence electrons. The minimum absolute atomic E-state index is 0.241. The zero-order chi connectivity index (χ0) is 21.5. The number of aryl methyl sites for hydroxylation is 2. The van der Waals surface area contributed by atoms with Crippen LogP contribution in [0.3, 0.4) is 0 Å². The van der Waals surface area contributed by atoms with Gasteiger partial charge in [0, 0.05) is 34.4 Å². The van der Waals surface area contributed by atoms with E-state index in [1.165, 1.54) is 16.9 Å². The average Bonchev–Trinajstić information content (AvgIpc) is 3.24. The fourth-order valence-electron chi connectivity index (χ4n) is 3.06. The van der Waals surface area contributed by atoms with E-state index in [2.05, 4.69) is 57.1 Å². The Morgan fingerprint density at radius 2 is 1.97 bits per heavy atom. The lowest BCUT2D eigenvalue weighted by Gasteiger charge is -2.22. The average molecular weight is 488 g/mol. The summed E-state index contributed by atoms with van der Waals surface area (Å²) in [6, 6.07) is 10.3. The number of aromatic nitrogens is 2. The quantitative estimate of drug-likeness (QED) is 0.369. The van der Waals surface area contributed by atoms with Crippen molar-refractivity contribution in [3.63, 3.8) is 0 Å². The van der Waals surface area contributed by atoms with Gasteiger partial charge in [-0.2, -0.15) is 0 Å². The number of hydrogen-bond donors (Lipinski definition) is 1. The summed E-state index contributed by atoms with van der Waals surface area (Å²) in [7, 11) is 0. The van der Waals surface area contributed by atoms with Crippen LogP contribution >= 0.6 is 27.3 Å². The monoisotopic (exact) mass is 487 g/mol. The van der Waals surface area contributed by atoms with E-state index in [1.54, 1.807) is 12.4 Å². The SMILES string of the molecule is CCc1ccc(N(c2cc(CCCC(=O)CC(=O)O)c(Br)cn2)c2nccs2)cc1. The summed E-state index contributed by atoms with van der Waals surface area (Å²) < 4.78 is 0.859. The van der Waals surface area contributed by atoms with E-state index in [9.17, 15) is 9.59 Å². The molecule has 0 aliphatic heterocycles. The first-order valence-corrected chi connectivity index (χ1v) is 11.3. The fraction of sp³-hybridized carbons (Fsp3) is 0.273. The van der Waals surface area contributed by atoms with Gasteiger partial charge in [0.25, 0.3) is 0 Å². The molecule has 0 saturated heterocycles. The molecule has 6 nitrogen and oxygen atoms in total. The fourth-order valence-corrected chi connectivity index (χ4v) is 4.15. The number of aliphatic carboxylic acids is 1. The number of benzene rings is 1. The first kappa shape index (κ1) is 22.1. The van der Waals surface area contributed by atoms with Crippen LogP contribution in [-0.2, 0) is 22.4 Å². The van der Waals surface area contributed by atoms with Gasteiger partial charge in [0.1, 0.15) is 18.0 Å². The molecule has 3 aromatic rings. The normalized spacial score (nSPS) is 10.7. The Morgan fingerprint density at radius 1 is 1.20 bits per heavy atom. The standard InChI is InChI=1S/C22H22BrN3O3S/c1-2-15-6-8-17(9-7-15)26(22-24-10-11-30-22)20-12-16(19(23)14-25-20)4-3-5-18(27)13-21(28)29/h6-12,14H,2-5,13H2,1H3,(H,28,29). The predicted octanol–water partition coefficient (Wildman–Crippen LogP) is 5.70. The molecule has 0 saturated carbocycles. The highest BCUT2D eigenvalue weighted by atomic mass is 79.9. The van der Waals surface area contributed by atoms with Crippen molar-refractivity contribution in [1.29, 1.82) is 0 Å². The van der Waals surface area contributed by atoms with Gasteiger partial charge in [-0.05, 0) is 64.5 Å². The van der Waals surface area contributed by atoms with Crippen LogP contribution in [0.25, 0.3) is 0 Å². The summed E-state index contributed by atoms with van der Waals surface area (Å²) in [6.45, 7) is 2.12. The Labute approximate surface area is 187 Å². The number of carboxylic acids is 1. The molecule has 0 bridgehead atoms. The molecule has 3 rings (SSSR count). The number of pyridine rings is 1. The van der Waals surface area contributed by atoms with Crippen molar-refractivity contribution >= 4 is 55.7 Å². The minimum atomic E-state index is -1.08. The summed E-state index contributed by atoms with van der Waals surface area (Å²) in [5.41, 5.74) is 3.24. The highest BCUT2D eigenvalue weighted by Gasteiger charge is 2.17. The van der Waals surface area contributed by atoms with Gasteiger partial charge >= 0.3 is 5.97 Å². The van der Waals surface area contributed by atoms with Gasteiger partial charge in [-0.25, -0.2) is 9.97 Å². The number of Topliss-reactive ketones (excluding diaryl/α,β-unsaturated/α-hetero) is 1. The summed E-state index contributed by atoms with van der Waals surface area (Å²) in [5.74, 6) is -0.599. The number of rotatable bonds is 10. The zero-order valence-corrected chi connectivity index (χ0v) is 18.9. The van der Waals surface area contributed by atoms with Crippen molar-refractivity contribution in [2.75, 3.05) is 4.90 Å². The summed E-state index contributed by atoms with van der Waals surface area (Å²) >= 11 is 5.07. The number of halogens is 1. The van der Waals surface area contributed by atoms with Crippen LogP contribution < -0.4 is 4.90 Å². The molecule has 1 aromatic carbocycles. The van der Waals surface area contributed by atoms with E-state index in [-0.39, 0.29) is 12.2 Å². The van der Waals surface area contributed by atoms with Crippen molar-refractivity contribution in [3.8, 4) is 0 Å². The van der Waals surface area contributed by atoms with Gasteiger partial charge in [0.2, 0.25) is 0 Å². The van der Waals surface area contributed by atoms with Gasteiger partial charge < -0.3 is 5.11 Å². The molecule has 0 unspecified atom stereocenters. The van der Waals surface area contributed by atoms with Crippen LogP contribution in [0, 0.1) is 0 Å². The van der Waals surface area contributed by atoms with Gasteiger partial charge in [-0.1, -0.05) is 19.1 Å². The molecule has 0 radical (unpaired) electrons. The van der Waals surface area contributed by atoms with E-state index in [0.29, 0.717) is 12.8 Å². The third-order valence-corrected chi connectivity index (χ3v) is 6.08. The lowest BCUT2D eigenvalue weighted by molar-refractivity contribution is -0.140. The first-order chi connectivity index (χ1) is 14.5. The van der Waals surface area contributed by atoms with Crippen molar-refractivity contribution in [3.05, 3.63) is 63.7 Å².